The van der Waals surface area contributed by atoms with Gasteiger partial charge in [-0.05, 0) is 29.6 Å². The van der Waals surface area contributed by atoms with Crippen LogP contribution in [-0.4, -0.2) is 34.0 Å². The van der Waals surface area contributed by atoms with Gasteiger partial charge >= 0.3 is 7.12 Å². The molecule has 2 amide bonds. The lowest BCUT2D eigenvalue weighted by atomic mass is 9.79. The smallest absolute Gasteiger partial charge is 0.423 e. The number of hydrogen-bond acceptors (Lipinski definition) is 5. The van der Waals surface area contributed by atoms with E-state index >= 15 is 0 Å². The molecule has 0 radical (unpaired) electrons. The Morgan fingerprint density at radius 2 is 2.05 bits per heavy atom. The van der Waals surface area contributed by atoms with E-state index in [2.05, 4.69) is 10.3 Å². The summed E-state index contributed by atoms with van der Waals surface area (Å²) in [7, 11) is -1.55. The molecule has 2 aromatic rings. The molecule has 1 aromatic carbocycles. The number of aromatic nitrogens is 1. The van der Waals surface area contributed by atoms with Gasteiger partial charge in [0.05, 0.1) is 11.4 Å². The van der Waals surface area contributed by atoms with Crippen molar-refractivity contribution < 1.29 is 19.6 Å². The van der Waals surface area contributed by atoms with E-state index in [1.165, 1.54) is 0 Å². The number of nitrogens with one attached hydrogen (secondary N) is 1. The van der Waals surface area contributed by atoms with Crippen molar-refractivity contribution in [1.82, 2.24) is 10.3 Å². The van der Waals surface area contributed by atoms with Gasteiger partial charge in [0.1, 0.15) is 0 Å². The highest BCUT2D eigenvalue weighted by molar-refractivity contribution is 6.58. The number of carbonyl (C=O) groups excluding carboxylic acids is 2. The quantitative estimate of drug-likeness (QED) is 0.507. The molecule has 1 aliphatic rings. The van der Waals surface area contributed by atoms with Crippen LogP contribution in [-0.2, 0) is 9.59 Å². The number of imide groups is 1. The number of hydrogen-bond donors (Lipinski definition) is 3. The maximum atomic E-state index is 11.9. The molecule has 2 heterocycles. The minimum atomic E-state index is -1.55. The SMILES string of the molecule is O=C1CCC(c2cnc3ccc(B(O)O)cc3c2)C(=O)N1. The Hall–Kier alpha value is -2.25. The summed E-state index contributed by atoms with van der Waals surface area (Å²) in [6, 6.07) is 6.71. The van der Waals surface area contributed by atoms with Gasteiger partial charge < -0.3 is 10.0 Å². The largest absolute Gasteiger partial charge is 0.488 e. The summed E-state index contributed by atoms with van der Waals surface area (Å²) >= 11 is 0. The fourth-order valence-electron chi connectivity index (χ4n) is 2.53. The monoisotopic (exact) mass is 284 g/mol. The Bertz CT molecular complexity index is 732. The van der Waals surface area contributed by atoms with Crippen LogP contribution in [0.15, 0.2) is 30.5 Å². The van der Waals surface area contributed by atoms with Crippen molar-refractivity contribution in [3.05, 3.63) is 36.0 Å². The lowest BCUT2D eigenvalue weighted by Gasteiger charge is -2.21. The number of pyridine rings is 1. The lowest BCUT2D eigenvalue weighted by molar-refractivity contribution is -0.134. The highest BCUT2D eigenvalue weighted by Crippen LogP contribution is 2.26. The Morgan fingerprint density at radius 1 is 1.24 bits per heavy atom. The highest BCUT2D eigenvalue weighted by Gasteiger charge is 2.28. The number of piperidine rings is 1. The van der Waals surface area contributed by atoms with Gasteiger partial charge in [-0.25, -0.2) is 0 Å². The van der Waals surface area contributed by atoms with Crippen LogP contribution in [0, 0.1) is 0 Å². The van der Waals surface area contributed by atoms with E-state index in [1.54, 1.807) is 30.5 Å². The van der Waals surface area contributed by atoms with E-state index in [-0.39, 0.29) is 11.8 Å². The second-order valence-electron chi connectivity index (χ2n) is 5.10. The van der Waals surface area contributed by atoms with Gasteiger partial charge in [0.2, 0.25) is 11.8 Å². The average Bonchev–Trinajstić information content (AvgIpc) is 2.46. The van der Waals surface area contributed by atoms with Crippen molar-refractivity contribution >= 4 is 35.3 Å². The van der Waals surface area contributed by atoms with Gasteiger partial charge in [0.25, 0.3) is 0 Å². The molecule has 1 aliphatic heterocycles. The first kappa shape index (κ1) is 13.7. The fraction of sp³-hybridized carbons (Fsp3) is 0.214. The topological polar surface area (TPSA) is 99.5 Å². The molecule has 0 aliphatic carbocycles. The Morgan fingerprint density at radius 3 is 2.76 bits per heavy atom. The minimum Gasteiger partial charge on any atom is -0.423 e. The van der Waals surface area contributed by atoms with Gasteiger partial charge in [0, 0.05) is 18.0 Å². The van der Waals surface area contributed by atoms with Crippen LogP contribution in [0.1, 0.15) is 24.3 Å². The number of benzene rings is 1. The molecule has 3 rings (SSSR count). The van der Waals surface area contributed by atoms with E-state index in [1.807, 2.05) is 0 Å². The predicted molar refractivity (Wildman–Crippen MR) is 76.7 cm³/mol. The molecule has 0 saturated carbocycles. The molecule has 1 fully saturated rings. The lowest BCUT2D eigenvalue weighted by Crippen LogP contribution is -2.39. The maximum absolute atomic E-state index is 11.9. The van der Waals surface area contributed by atoms with Crippen LogP contribution in [0.2, 0.25) is 0 Å². The summed E-state index contributed by atoms with van der Waals surface area (Å²) in [6.45, 7) is 0. The van der Waals surface area contributed by atoms with Crippen LogP contribution in [0.4, 0.5) is 0 Å². The highest BCUT2D eigenvalue weighted by atomic mass is 16.4. The van der Waals surface area contributed by atoms with E-state index in [0.717, 1.165) is 10.9 Å². The van der Waals surface area contributed by atoms with Crippen LogP contribution >= 0.6 is 0 Å². The Balaban J connectivity index is 1.99. The fourth-order valence-corrected chi connectivity index (χ4v) is 2.53. The molecule has 21 heavy (non-hydrogen) atoms. The summed E-state index contributed by atoms with van der Waals surface area (Å²) in [6.07, 6.45) is 2.39. The van der Waals surface area contributed by atoms with E-state index < -0.39 is 13.0 Å². The van der Waals surface area contributed by atoms with Crippen molar-refractivity contribution in [1.29, 1.82) is 0 Å². The summed E-state index contributed by atoms with van der Waals surface area (Å²) in [5.41, 5.74) is 1.79. The Labute approximate surface area is 121 Å². The van der Waals surface area contributed by atoms with Crippen LogP contribution in [0.25, 0.3) is 10.9 Å². The van der Waals surface area contributed by atoms with Crippen molar-refractivity contribution in [3.8, 4) is 0 Å². The van der Waals surface area contributed by atoms with Crippen LogP contribution < -0.4 is 10.8 Å². The zero-order valence-electron chi connectivity index (χ0n) is 11.1. The first-order valence-electron chi connectivity index (χ1n) is 6.64. The van der Waals surface area contributed by atoms with Crippen LogP contribution in [0.3, 0.4) is 0 Å². The summed E-state index contributed by atoms with van der Waals surface area (Å²) in [5, 5.41) is 21.5. The van der Waals surface area contributed by atoms with Crippen LogP contribution in [0.5, 0.6) is 0 Å². The molecule has 3 N–H and O–H groups in total. The third kappa shape index (κ3) is 2.65. The molecular formula is C14H13BN2O4. The van der Waals surface area contributed by atoms with E-state index in [9.17, 15) is 19.6 Å². The normalized spacial score (nSPS) is 18.7. The molecule has 1 atom stereocenters. The van der Waals surface area contributed by atoms with Crippen molar-refractivity contribution in [2.24, 2.45) is 0 Å². The number of fused-ring (bicyclic) bond motifs is 1. The number of nitrogens with zero attached hydrogens (tertiary/aromatic N) is 1. The molecule has 1 aromatic heterocycles. The Kier molecular flexibility index (Phi) is 3.44. The van der Waals surface area contributed by atoms with Gasteiger partial charge in [-0.2, -0.15) is 0 Å². The van der Waals surface area contributed by atoms with Gasteiger partial charge in [-0.15, -0.1) is 0 Å². The predicted octanol–water partition coefficient (Wildman–Crippen LogP) is -0.565. The molecule has 1 unspecified atom stereocenters. The number of rotatable bonds is 2. The van der Waals surface area contributed by atoms with Gasteiger partial charge in [-0.3, -0.25) is 19.9 Å². The standard InChI is InChI=1S/C14H13BN2O4/c18-13-4-2-11(14(19)17-13)9-5-8-6-10(15(20)21)1-3-12(8)16-7-9/h1,3,5-7,11,20-21H,2,4H2,(H,17,18,19). The summed E-state index contributed by atoms with van der Waals surface area (Å²) in [5.74, 6) is -0.969. The maximum Gasteiger partial charge on any atom is 0.488 e. The minimum absolute atomic E-state index is 0.254. The first-order chi connectivity index (χ1) is 10.0. The summed E-state index contributed by atoms with van der Waals surface area (Å²) in [4.78, 5) is 27.3. The molecule has 0 spiro atoms. The van der Waals surface area contributed by atoms with E-state index in [0.29, 0.717) is 23.8 Å². The molecule has 6 nitrogen and oxygen atoms in total. The van der Waals surface area contributed by atoms with E-state index in [4.69, 9.17) is 0 Å². The molecule has 0 bridgehead atoms. The molecule has 7 heteroatoms. The zero-order chi connectivity index (χ0) is 15.0. The average molecular weight is 284 g/mol. The second kappa shape index (κ2) is 5.27. The molecular weight excluding hydrogens is 271 g/mol. The van der Waals surface area contributed by atoms with Crippen molar-refractivity contribution in [3.63, 3.8) is 0 Å². The molecule has 106 valence electrons. The second-order valence-corrected chi connectivity index (χ2v) is 5.10. The first-order valence-corrected chi connectivity index (χ1v) is 6.64. The summed E-state index contributed by atoms with van der Waals surface area (Å²) < 4.78 is 0. The van der Waals surface area contributed by atoms with Crippen molar-refractivity contribution in [2.75, 3.05) is 0 Å². The third-order valence-corrected chi connectivity index (χ3v) is 3.67. The number of carbonyl (C=O) groups is 2. The van der Waals surface area contributed by atoms with Gasteiger partial charge in [0.15, 0.2) is 0 Å². The number of amides is 2. The molecule has 1 saturated heterocycles. The van der Waals surface area contributed by atoms with Crippen molar-refractivity contribution in [2.45, 2.75) is 18.8 Å². The third-order valence-electron chi connectivity index (χ3n) is 3.67. The van der Waals surface area contributed by atoms with Gasteiger partial charge in [-0.1, -0.05) is 12.1 Å². The zero-order valence-corrected chi connectivity index (χ0v) is 11.1.